The van der Waals surface area contributed by atoms with Crippen molar-refractivity contribution in [3.8, 4) is 11.3 Å². The predicted octanol–water partition coefficient (Wildman–Crippen LogP) is 3.62. The zero-order valence-electron chi connectivity index (χ0n) is 9.26. The average molecular weight is 302 g/mol. The summed E-state index contributed by atoms with van der Waals surface area (Å²) in [5, 5.41) is 0.476. The molecule has 88 valence electrons. The molecule has 0 fully saturated rings. The highest BCUT2D eigenvalue weighted by Gasteiger charge is 2.07. The molecule has 0 bridgehead atoms. The number of aromatic nitrogens is 1. The molecule has 3 rings (SSSR count). The van der Waals surface area contributed by atoms with Crippen LogP contribution in [0.2, 0.25) is 0 Å². The molecule has 0 aliphatic rings. The minimum absolute atomic E-state index is 0.0936. The van der Waals surface area contributed by atoms with Crippen molar-refractivity contribution in [2.45, 2.75) is 0 Å². The molecule has 0 unspecified atom stereocenters. The number of halogens is 1. The van der Waals surface area contributed by atoms with Crippen LogP contribution in [0.25, 0.3) is 22.4 Å². The van der Waals surface area contributed by atoms with Crippen molar-refractivity contribution in [1.82, 2.24) is 4.98 Å². The maximum atomic E-state index is 12.0. The van der Waals surface area contributed by atoms with E-state index < -0.39 is 0 Å². The fourth-order valence-electron chi connectivity index (χ4n) is 1.76. The van der Waals surface area contributed by atoms with E-state index in [2.05, 4.69) is 20.9 Å². The molecular weight excluding hydrogens is 294 g/mol. The lowest BCUT2D eigenvalue weighted by Crippen LogP contribution is -2.01. The molecule has 3 aromatic rings. The second-order valence-electron chi connectivity index (χ2n) is 3.85. The summed E-state index contributed by atoms with van der Waals surface area (Å²) in [6, 6.07) is 12.7. The molecule has 2 heterocycles. The Kier molecular flexibility index (Phi) is 2.72. The van der Waals surface area contributed by atoms with Crippen molar-refractivity contribution in [2.24, 2.45) is 0 Å². The number of hydrogen-bond donors (Lipinski definition) is 0. The van der Waals surface area contributed by atoms with Gasteiger partial charge in [0.1, 0.15) is 5.76 Å². The van der Waals surface area contributed by atoms with Crippen molar-refractivity contribution < 1.29 is 4.42 Å². The van der Waals surface area contributed by atoms with Crippen LogP contribution in [0.4, 0.5) is 0 Å². The first-order valence-electron chi connectivity index (χ1n) is 5.39. The molecule has 0 atom stereocenters. The molecule has 0 radical (unpaired) electrons. The van der Waals surface area contributed by atoms with Crippen molar-refractivity contribution in [3.63, 3.8) is 0 Å². The predicted molar refractivity (Wildman–Crippen MR) is 73.4 cm³/mol. The summed E-state index contributed by atoms with van der Waals surface area (Å²) in [6.45, 7) is 0. The van der Waals surface area contributed by atoms with Crippen molar-refractivity contribution in [1.29, 1.82) is 0 Å². The summed E-state index contributed by atoms with van der Waals surface area (Å²) in [5.74, 6) is 0.530. The average Bonchev–Trinajstić information content (AvgIpc) is 2.40. The van der Waals surface area contributed by atoms with E-state index in [0.29, 0.717) is 16.9 Å². The lowest BCUT2D eigenvalue weighted by Gasteiger charge is -2.02. The number of benzene rings is 1. The molecule has 0 aliphatic heterocycles. The Morgan fingerprint density at radius 3 is 2.67 bits per heavy atom. The van der Waals surface area contributed by atoms with E-state index in [1.54, 1.807) is 12.3 Å². The van der Waals surface area contributed by atoms with Gasteiger partial charge in [-0.1, -0.05) is 30.3 Å². The van der Waals surface area contributed by atoms with E-state index in [1.165, 1.54) is 6.07 Å². The molecule has 0 saturated carbocycles. The normalized spacial score (nSPS) is 10.7. The second kappa shape index (κ2) is 4.38. The minimum atomic E-state index is -0.0936. The van der Waals surface area contributed by atoms with Crippen molar-refractivity contribution in [2.75, 3.05) is 0 Å². The topological polar surface area (TPSA) is 43.1 Å². The van der Waals surface area contributed by atoms with E-state index in [9.17, 15) is 4.79 Å². The summed E-state index contributed by atoms with van der Waals surface area (Å²) in [4.78, 5) is 16.1. The van der Waals surface area contributed by atoms with Gasteiger partial charge >= 0.3 is 0 Å². The van der Waals surface area contributed by atoms with Crippen molar-refractivity contribution in [3.05, 3.63) is 63.4 Å². The summed E-state index contributed by atoms with van der Waals surface area (Å²) >= 11 is 3.29. The Morgan fingerprint density at radius 2 is 1.89 bits per heavy atom. The van der Waals surface area contributed by atoms with Gasteiger partial charge in [-0.15, -0.1) is 0 Å². The van der Waals surface area contributed by atoms with Crippen molar-refractivity contribution >= 4 is 27.0 Å². The minimum Gasteiger partial charge on any atom is -0.437 e. The van der Waals surface area contributed by atoms with Crippen LogP contribution in [0.15, 0.2) is 62.3 Å². The number of nitrogens with zero attached hydrogens (tertiary/aromatic N) is 1. The SMILES string of the molecule is O=c1cc(-c2ccccc2)oc2ncc(Br)cc12. The third-order valence-corrected chi connectivity index (χ3v) is 3.04. The van der Waals surface area contributed by atoms with Gasteiger partial charge in [-0.2, -0.15) is 0 Å². The highest BCUT2D eigenvalue weighted by Crippen LogP contribution is 2.22. The van der Waals surface area contributed by atoms with Gasteiger partial charge in [0.2, 0.25) is 5.71 Å². The summed E-state index contributed by atoms with van der Waals surface area (Å²) in [5.41, 5.74) is 1.12. The molecular formula is C14H8BrNO2. The van der Waals surface area contributed by atoms with Crippen LogP contribution in [-0.4, -0.2) is 4.98 Å². The highest BCUT2D eigenvalue weighted by atomic mass is 79.9. The molecule has 3 nitrogen and oxygen atoms in total. The number of hydrogen-bond acceptors (Lipinski definition) is 3. The Balaban J connectivity index is 2.29. The molecule has 0 aliphatic carbocycles. The van der Waals surface area contributed by atoms with E-state index >= 15 is 0 Å². The zero-order chi connectivity index (χ0) is 12.5. The van der Waals surface area contributed by atoms with Gasteiger partial charge < -0.3 is 4.42 Å². The van der Waals surface area contributed by atoms with Gasteiger partial charge in [-0.3, -0.25) is 4.79 Å². The lowest BCUT2D eigenvalue weighted by molar-refractivity contribution is 0.605. The molecule has 4 heteroatoms. The Morgan fingerprint density at radius 1 is 1.11 bits per heavy atom. The maximum Gasteiger partial charge on any atom is 0.230 e. The number of pyridine rings is 1. The Labute approximate surface area is 111 Å². The van der Waals surface area contributed by atoms with E-state index in [0.717, 1.165) is 10.0 Å². The van der Waals surface area contributed by atoms with E-state index in [4.69, 9.17) is 4.42 Å². The van der Waals surface area contributed by atoms with Gasteiger partial charge in [0.25, 0.3) is 0 Å². The van der Waals surface area contributed by atoms with Gasteiger partial charge in [0.15, 0.2) is 5.43 Å². The highest BCUT2D eigenvalue weighted by molar-refractivity contribution is 9.10. The lowest BCUT2D eigenvalue weighted by atomic mass is 10.1. The number of fused-ring (bicyclic) bond motifs is 1. The first-order valence-corrected chi connectivity index (χ1v) is 6.18. The third-order valence-electron chi connectivity index (χ3n) is 2.61. The first-order chi connectivity index (χ1) is 8.74. The summed E-state index contributed by atoms with van der Waals surface area (Å²) in [6.07, 6.45) is 1.61. The van der Waals surface area contributed by atoms with Crippen LogP contribution in [0.5, 0.6) is 0 Å². The largest absolute Gasteiger partial charge is 0.437 e. The Hall–Kier alpha value is -1.94. The van der Waals surface area contributed by atoms with Crippen LogP contribution in [0.1, 0.15) is 0 Å². The number of rotatable bonds is 1. The molecule has 1 aromatic carbocycles. The van der Waals surface area contributed by atoms with Crippen LogP contribution in [-0.2, 0) is 0 Å². The van der Waals surface area contributed by atoms with Gasteiger partial charge in [-0.05, 0) is 22.0 Å². The third kappa shape index (κ3) is 1.95. The smallest absolute Gasteiger partial charge is 0.230 e. The van der Waals surface area contributed by atoms with Crippen LogP contribution >= 0.6 is 15.9 Å². The molecule has 0 N–H and O–H groups in total. The fraction of sp³-hybridized carbons (Fsp3) is 0. The first kappa shape index (κ1) is 11.2. The monoisotopic (exact) mass is 301 g/mol. The summed E-state index contributed by atoms with van der Waals surface area (Å²) < 4.78 is 6.41. The maximum absolute atomic E-state index is 12.0. The van der Waals surface area contributed by atoms with Gasteiger partial charge in [-0.25, -0.2) is 4.98 Å². The quantitative estimate of drug-likeness (QED) is 0.689. The molecule has 0 saturated heterocycles. The second-order valence-corrected chi connectivity index (χ2v) is 4.76. The zero-order valence-corrected chi connectivity index (χ0v) is 10.8. The van der Waals surface area contributed by atoms with Gasteiger partial charge in [0, 0.05) is 22.3 Å². The fourth-order valence-corrected chi connectivity index (χ4v) is 2.09. The van der Waals surface area contributed by atoms with Gasteiger partial charge in [0.05, 0.1) is 5.39 Å². The van der Waals surface area contributed by atoms with E-state index in [-0.39, 0.29) is 5.43 Å². The molecule has 2 aromatic heterocycles. The standard InChI is InChI=1S/C14H8BrNO2/c15-10-6-11-12(17)7-13(18-14(11)16-8-10)9-4-2-1-3-5-9/h1-8H. The van der Waals surface area contributed by atoms with Crippen LogP contribution < -0.4 is 5.43 Å². The Bertz CT molecular complexity index is 766. The van der Waals surface area contributed by atoms with Crippen LogP contribution in [0.3, 0.4) is 0 Å². The molecule has 0 spiro atoms. The summed E-state index contributed by atoms with van der Waals surface area (Å²) in [7, 11) is 0. The van der Waals surface area contributed by atoms with E-state index in [1.807, 2.05) is 30.3 Å². The molecule has 0 amide bonds. The molecule has 18 heavy (non-hydrogen) atoms. The van der Waals surface area contributed by atoms with Crippen LogP contribution in [0, 0.1) is 0 Å².